The molecule has 158 valence electrons. The number of carbonyl (C=O) groups excluding carboxylic acids is 2. The van der Waals surface area contributed by atoms with Gasteiger partial charge in [-0.2, -0.15) is 0 Å². The van der Waals surface area contributed by atoms with E-state index in [9.17, 15) is 19.8 Å². The van der Waals surface area contributed by atoms with E-state index in [1.165, 1.54) is 0 Å². The Morgan fingerprint density at radius 3 is 2.69 bits per heavy atom. The summed E-state index contributed by atoms with van der Waals surface area (Å²) < 4.78 is 12.2. The molecule has 29 heavy (non-hydrogen) atoms. The normalized spacial score (nSPS) is 52.2. The fraction of sp³-hybridized carbons (Fsp3) is 0.739. The molecule has 0 radical (unpaired) electrons. The first-order valence-corrected chi connectivity index (χ1v) is 10.7. The van der Waals surface area contributed by atoms with Crippen molar-refractivity contribution >= 4 is 11.8 Å². The Hall–Kier alpha value is -1.50. The van der Waals surface area contributed by atoms with E-state index in [1.807, 2.05) is 13.0 Å². The molecule has 0 unspecified atom stereocenters. The van der Waals surface area contributed by atoms with Crippen LogP contribution < -0.4 is 5.11 Å². The summed E-state index contributed by atoms with van der Waals surface area (Å²) in [6.45, 7) is 7.51. The van der Waals surface area contributed by atoms with Crippen LogP contribution in [0, 0.1) is 28.6 Å². The predicted molar refractivity (Wildman–Crippen MR) is 101 cm³/mol. The summed E-state index contributed by atoms with van der Waals surface area (Å²) in [6, 6.07) is 0. The molecule has 1 saturated heterocycles. The molecule has 0 bridgehead atoms. The molecule has 1 aliphatic heterocycles. The summed E-state index contributed by atoms with van der Waals surface area (Å²) in [5.41, 5.74) is -1.64. The lowest BCUT2D eigenvalue weighted by Gasteiger charge is -2.60. The van der Waals surface area contributed by atoms with Gasteiger partial charge in [0, 0.05) is 16.7 Å². The zero-order valence-corrected chi connectivity index (χ0v) is 17.4. The Bertz CT molecular complexity index is 857. The molecule has 5 aliphatic rings. The number of ketones is 1. The van der Waals surface area contributed by atoms with Crippen molar-refractivity contribution in [2.24, 2.45) is 28.6 Å². The molecule has 0 spiro atoms. The summed E-state index contributed by atoms with van der Waals surface area (Å²) in [6.07, 6.45) is 6.49. The number of fused-ring (bicyclic) bond motifs is 7. The second-order valence-corrected chi connectivity index (χ2v) is 10.6. The average Bonchev–Trinajstić information content (AvgIpc) is 3.02. The van der Waals surface area contributed by atoms with E-state index in [0.717, 1.165) is 18.4 Å². The minimum absolute atomic E-state index is 0.00129. The largest absolute Gasteiger partial charge is 0.547 e. The zero-order valence-electron chi connectivity index (χ0n) is 17.4. The molecule has 0 aromatic heterocycles. The van der Waals surface area contributed by atoms with Crippen molar-refractivity contribution in [3.05, 3.63) is 23.8 Å². The molecule has 0 aromatic rings. The standard InChI is InChI=1S/C23H30O6/c1-20(2)28-17-10-15-14-6-5-12-9-13(24)7-8-21(12,3)18(14)16(25)11-22(15,4)23(17,29-20)19(26)27/h7-9,14-18,25H,5-6,10-11H2,1-4H3,(H,26,27)/p-1/t14-,15+,16+,17+,18-,21-,22-,23-/m0/s1. The van der Waals surface area contributed by atoms with E-state index in [-0.39, 0.29) is 29.0 Å². The second-order valence-electron chi connectivity index (χ2n) is 10.6. The quantitative estimate of drug-likeness (QED) is 0.716. The summed E-state index contributed by atoms with van der Waals surface area (Å²) >= 11 is 0. The summed E-state index contributed by atoms with van der Waals surface area (Å²) in [5.74, 6) is -2.13. The number of aliphatic hydroxyl groups is 1. The lowest BCUT2D eigenvalue weighted by Crippen LogP contribution is -2.66. The number of aliphatic hydroxyl groups excluding tert-OH is 1. The van der Waals surface area contributed by atoms with Crippen molar-refractivity contribution in [3.8, 4) is 0 Å². The fourth-order valence-electron chi connectivity index (χ4n) is 7.77. The summed E-state index contributed by atoms with van der Waals surface area (Å²) in [5, 5.41) is 23.9. The first-order valence-electron chi connectivity index (χ1n) is 10.7. The van der Waals surface area contributed by atoms with Gasteiger partial charge in [0.1, 0.15) is 5.60 Å². The Labute approximate surface area is 170 Å². The van der Waals surface area contributed by atoms with E-state index >= 15 is 0 Å². The van der Waals surface area contributed by atoms with Crippen LogP contribution in [0.1, 0.15) is 53.4 Å². The highest BCUT2D eigenvalue weighted by Crippen LogP contribution is 2.70. The Morgan fingerprint density at radius 1 is 1.28 bits per heavy atom. The van der Waals surface area contributed by atoms with Crippen LogP contribution >= 0.6 is 0 Å². The smallest absolute Gasteiger partial charge is 0.178 e. The monoisotopic (exact) mass is 401 g/mol. The molecule has 4 fully saturated rings. The molecule has 6 heteroatoms. The highest BCUT2D eigenvalue weighted by molar-refractivity contribution is 6.01. The topological polar surface area (TPSA) is 95.9 Å². The van der Waals surface area contributed by atoms with Crippen LogP contribution in [-0.4, -0.2) is 40.5 Å². The highest BCUT2D eigenvalue weighted by Gasteiger charge is 2.75. The van der Waals surface area contributed by atoms with Crippen LogP contribution in [0.3, 0.4) is 0 Å². The maximum atomic E-state index is 12.5. The van der Waals surface area contributed by atoms with Crippen molar-refractivity contribution in [2.45, 2.75) is 77.0 Å². The number of carboxylic acid groups (broad SMARTS) is 1. The highest BCUT2D eigenvalue weighted by atomic mass is 16.8. The third-order valence-electron chi connectivity index (χ3n) is 8.79. The fourth-order valence-corrected chi connectivity index (χ4v) is 7.77. The van der Waals surface area contributed by atoms with Crippen molar-refractivity contribution in [3.63, 3.8) is 0 Å². The van der Waals surface area contributed by atoms with Gasteiger partial charge in [0.05, 0.1) is 18.2 Å². The van der Waals surface area contributed by atoms with Gasteiger partial charge in [-0.15, -0.1) is 0 Å². The van der Waals surface area contributed by atoms with Crippen LogP contribution in [0.15, 0.2) is 23.8 Å². The van der Waals surface area contributed by atoms with Gasteiger partial charge in [-0.05, 0) is 63.5 Å². The maximum Gasteiger partial charge on any atom is 0.178 e. The third kappa shape index (κ3) is 2.23. The zero-order chi connectivity index (χ0) is 21.0. The minimum atomic E-state index is -1.55. The van der Waals surface area contributed by atoms with Crippen LogP contribution in [0.25, 0.3) is 0 Å². The molecule has 0 amide bonds. The number of carbonyl (C=O) groups is 2. The van der Waals surface area contributed by atoms with Gasteiger partial charge < -0.3 is 24.5 Å². The van der Waals surface area contributed by atoms with E-state index in [2.05, 4.69) is 6.92 Å². The van der Waals surface area contributed by atoms with E-state index < -0.39 is 35.0 Å². The van der Waals surface area contributed by atoms with Gasteiger partial charge >= 0.3 is 0 Å². The van der Waals surface area contributed by atoms with Gasteiger partial charge in [-0.1, -0.05) is 25.5 Å². The molecule has 6 nitrogen and oxygen atoms in total. The number of hydrogen-bond acceptors (Lipinski definition) is 6. The lowest BCUT2D eigenvalue weighted by molar-refractivity contribution is -0.341. The van der Waals surface area contributed by atoms with Gasteiger partial charge in [-0.25, -0.2) is 0 Å². The number of hydrogen-bond donors (Lipinski definition) is 1. The molecule has 0 aromatic carbocycles. The molecular weight excluding hydrogens is 372 g/mol. The Balaban J connectivity index is 1.59. The second kappa shape index (κ2) is 5.59. The number of carboxylic acids is 1. The Morgan fingerprint density at radius 2 is 2.00 bits per heavy atom. The van der Waals surface area contributed by atoms with Gasteiger partial charge in [0.2, 0.25) is 0 Å². The van der Waals surface area contributed by atoms with Crippen LogP contribution in [0.4, 0.5) is 0 Å². The number of aliphatic carboxylic acids is 1. The molecule has 1 heterocycles. The summed E-state index contributed by atoms with van der Waals surface area (Å²) in [7, 11) is 0. The first-order chi connectivity index (χ1) is 13.4. The number of ether oxygens (including phenoxy) is 2. The van der Waals surface area contributed by atoms with E-state index in [0.29, 0.717) is 12.8 Å². The van der Waals surface area contributed by atoms with Crippen LogP contribution in [0.2, 0.25) is 0 Å². The molecule has 3 saturated carbocycles. The molecule has 5 rings (SSSR count). The first kappa shape index (κ1) is 19.5. The van der Waals surface area contributed by atoms with Crippen molar-refractivity contribution in [1.29, 1.82) is 0 Å². The summed E-state index contributed by atoms with van der Waals surface area (Å²) in [4.78, 5) is 24.4. The van der Waals surface area contributed by atoms with E-state index in [4.69, 9.17) is 9.47 Å². The van der Waals surface area contributed by atoms with Crippen molar-refractivity contribution in [1.82, 2.24) is 0 Å². The minimum Gasteiger partial charge on any atom is -0.547 e. The Kier molecular flexibility index (Phi) is 3.75. The molecule has 1 N–H and O–H groups in total. The van der Waals surface area contributed by atoms with Crippen LogP contribution in [0.5, 0.6) is 0 Å². The number of allylic oxidation sites excluding steroid dienone is 4. The van der Waals surface area contributed by atoms with Crippen LogP contribution in [-0.2, 0) is 19.1 Å². The third-order valence-corrected chi connectivity index (χ3v) is 8.79. The molecule has 8 atom stereocenters. The molecule has 4 aliphatic carbocycles. The van der Waals surface area contributed by atoms with Crippen molar-refractivity contribution in [2.75, 3.05) is 0 Å². The molecular formula is C23H29O6-. The van der Waals surface area contributed by atoms with Crippen molar-refractivity contribution < 1.29 is 29.3 Å². The van der Waals surface area contributed by atoms with Gasteiger partial charge in [-0.3, -0.25) is 4.79 Å². The van der Waals surface area contributed by atoms with Gasteiger partial charge in [0.25, 0.3) is 0 Å². The number of rotatable bonds is 1. The van der Waals surface area contributed by atoms with E-state index in [1.54, 1.807) is 26.0 Å². The average molecular weight is 401 g/mol. The van der Waals surface area contributed by atoms with Gasteiger partial charge in [0.15, 0.2) is 11.6 Å². The lowest BCUT2D eigenvalue weighted by atomic mass is 9.46. The maximum absolute atomic E-state index is 12.5. The predicted octanol–water partition coefficient (Wildman–Crippen LogP) is 1.52. The SMILES string of the molecule is CC1(C)O[C@@H]2C[C@@H]3[C@@H]4CCC5=CC(=O)C=C[C@]5(C)[C@@H]4[C@H](O)C[C@]3(C)[C@]2(C(=O)[O-])O1.